The second kappa shape index (κ2) is 6.69. The lowest BCUT2D eigenvalue weighted by atomic mass is 10.1. The first-order valence-corrected chi connectivity index (χ1v) is 7.45. The van der Waals surface area contributed by atoms with E-state index in [2.05, 4.69) is 20.3 Å². The minimum atomic E-state index is -1.74. The fourth-order valence-electron chi connectivity index (χ4n) is 2.69. The van der Waals surface area contributed by atoms with E-state index < -0.39 is 37.2 Å². The maximum Gasteiger partial charge on any atom is 0.303 e. The lowest BCUT2D eigenvalue weighted by molar-refractivity contribution is -0.152. The van der Waals surface area contributed by atoms with Crippen LogP contribution in [-0.2, 0) is 19.1 Å². The minimum Gasteiger partial charge on any atom is -0.456 e. The van der Waals surface area contributed by atoms with E-state index in [1.807, 2.05) is 0 Å². The number of aliphatic hydroxyl groups excluding tert-OH is 1. The number of carbonyl (C=O) groups excluding carboxylic acids is 2. The molecule has 2 aromatic rings. The number of nitrogens with zero attached hydrogens (tertiary/aromatic N) is 4. The van der Waals surface area contributed by atoms with Gasteiger partial charge in [0, 0.05) is 13.8 Å². The van der Waals surface area contributed by atoms with Crippen molar-refractivity contribution in [3.63, 3.8) is 0 Å². The number of amides is 1. The number of alkyl halides is 1. The summed E-state index contributed by atoms with van der Waals surface area (Å²) in [6.45, 7) is 1.94. The van der Waals surface area contributed by atoms with Crippen LogP contribution < -0.4 is 5.32 Å². The number of imidazole rings is 1. The highest BCUT2D eigenvalue weighted by Gasteiger charge is 2.48. The maximum absolute atomic E-state index is 14.8. The van der Waals surface area contributed by atoms with E-state index in [1.54, 1.807) is 0 Å². The number of rotatable bonds is 4. The molecule has 1 amide bonds. The zero-order valence-electron chi connectivity index (χ0n) is 13.4. The monoisotopic (exact) mass is 353 g/mol. The van der Waals surface area contributed by atoms with Crippen LogP contribution in [0.5, 0.6) is 0 Å². The molecule has 10 nitrogen and oxygen atoms in total. The minimum absolute atomic E-state index is 0.180. The third-order valence-electron chi connectivity index (χ3n) is 3.68. The Kier molecular flexibility index (Phi) is 4.59. The number of halogens is 1. The Balaban J connectivity index is 1.96. The summed E-state index contributed by atoms with van der Waals surface area (Å²) in [6.07, 6.45) is -2.73. The van der Waals surface area contributed by atoms with Gasteiger partial charge in [-0.1, -0.05) is 0 Å². The van der Waals surface area contributed by atoms with Crippen molar-refractivity contribution in [3.8, 4) is 0 Å². The summed E-state index contributed by atoms with van der Waals surface area (Å²) in [5.41, 5.74) is 0.483. The molecule has 0 aromatic carbocycles. The van der Waals surface area contributed by atoms with Crippen LogP contribution in [0.2, 0.25) is 0 Å². The van der Waals surface area contributed by atoms with Gasteiger partial charge in [0.25, 0.3) is 0 Å². The third kappa shape index (κ3) is 3.15. The molecule has 1 aliphatic heterocycles. The van der Waals surface area contributed by atoms with Gasteiger partial charge in [-0.2, -0.15) is 0 Å². The SMILES string of the molecule is CC(=O)Nc1ncnc2c1ncn2[C@@H]1O[C@H](CO)C(OC(C)=O)[C@@H]1F. The first-order valence-electron chi connectivity index (χ1n) is 7.45. The Hall–Kier alpha value is -2.66. The number of nitrogens with one attached hydrogen (secondary N) is 1. The summed E-state index contributed by atoms with van der Waals surface area (Å²) in [5, 5.41) is 11.9. The number of carbonyl (C=O) groups is 2. The first kappa shape index (κ1) is 17.2. The topological polar surface area (TPSA) is 128 Å². The number of anilines is 1. The van der Waals surface area contributed by atoms with Crippen LogP contribution in [0.25, 0.3) is 11.2 Å². The zero-order chi connectivity index (χ0) is 18.1. The lowest BCUT2D eigenvalue weighted by Crippen LogP contribution is -2.35. The molecule has 0 bridgehead atoms. The highest BCUT2D eigenvalue weighted by atomic mass is 19.1. The van der Waals surface area contributed by atoms with E-state index in [0.717, 1.165) is 6.92 Å². The Morgan fingerprint density at radius 1 is 1.40 bits per heavy atom. The lowest BCUT2D eigenvalue weighted by Gasteiger charge is -2.17. The first-order chi connectivity index (χ1) is 11.9. The number of aliphatic hydroxyl groups is 1. The van der Waals surface area contributed by atoms with Gasteiger partial charge in [-0.3, -0.25) is 14.2 Å². The van der Waals surface area contributed by atoms with E-state index in [4.69, 9.17) is 9.47 Å². The molecule has 11 heteroatoms. The van der Waals surface area contributed by atoms with Crippen molar-refractivity contribution in [1.29, 1.82) is 0 Å². The summed E-state index contributed by atoms with van der Waals surface area (Å²) in [7, 11) is 0. The quantitative estimate of drug-likeness (QED) is 0.732. The third-order valence-corrected chi connectivity index (χ3v) is 3.68. The molecule has 1 aliphatic rings. The fourth-order valence-corrected chi connectivity index (χ4v) is 2.69. The van der Waals surface area contributed by atoms with E-state index in [1.165, 1.54) is 24.1 Å². The molecule has 3 rings (SSSR count). The molecular formula is C14H16FN5O5. The van der Waals surface area contributed by atoms with Gasteiger partial charge in [0.05, 0.1) is 12.9 Å². The van der Waals surface area contributed by atoms with Crippen LogP contribution >= 0.6 is 0 Å². The predicted molar refractivity (Wildman–Crippen MR) is 81.1 cm³/mol. The molecule has 4 atom stereocenters. The van der Waals surface area contributed by atoms with Gasteiger partial charge in [0.15, 0.2) is 35.5 Å². The van der Waals surface area contributed by atoms with Crippen molar-refractivity contribution < 1.29 is 28.6 Å². The zero-order valence-corrected chi connectivity index (χ0v) is 13.4. The van der Waals surface area contributed by atoms with Gasteiger partial charge in [0.1, 0.15) is 12.4 Å². The summed E-state index contributed by atoms with van der Waals surface area (Å²) >= 11 is 0. The standard InChI is InChI=1S/C14H16FN5O5/c1-6(22)19-12-10-13(17-4-16-12)20(5-18-10)14-9(15)11(24-7(2)23)8(3-21)25-14/h4-5,8-9,11,14,21H,3H2,1-2H3,(H,16,17,19,22)/t8-,9+,11?,14-/m1/s1. The largest absolute Gasteiger partial charge is 0.456 e. The van der Waals surface area contributed by atoms with Crippen LogP contribution in [-0.4, -0.2) is 61.5 Å². The molecule has 1 fully saturated rings. The van der Waals surface area contributed by atoms with Crippen molar-refractivity contribution in [1.82, 2.24) is 19.5 Å². The normalized spacial score (nSPS) is 25.9. The van der Waals surface area contributed by atoms with Crippen molar-refractivity contribution in [2.75, 3.05) is 11.9 Å². The van der Waals surface area contributed by atoms with E-state index >= 15 is 0 Å². The van der Waals surface area contributed by atoms with Crippen molar-refractivity contribution >= 4 is 28.9 Å². The highest BCUT2D eigenvalue weighted by Crippen LogP contribution is 2.35. The summed E-state index contributed by atoms with van der Waals surface area (Å²) in [6, 6.07) is 0. The molecule has 2 N–H and O–H groups in total. The van der Waals surface area contributed by atoms with Crippen molar-refractivity contribution in [2.45, 2.75) is 38.5 Å². The second-order valence-corrected chi connectivity index (χ2v) is 5.49. The average molecular weight is 353 g/mol. The number of hydrogen-bond donors (Lipinski definition) is 2. The van der Waals surface area contributed by atoms with Gasteiger partial charge in [-0.05, 0) is 0 Å². The molecule has 0 saturated carbocycles. The Bertz CT molecular complexity index is 812. The average Bonchev–Trinajstić information content (AvgIpc) is 3.09. The molecule has 1 saturated heterocycles. The summed E-state index contributed by atoms with van der Waals surface area (Å²) in [4.78, 5) is 34.5. The van der Waals surface area contributed by atoms with E-state index in [0.29, 0.717) is 0 Å². The molecule has 0 aliphatic carbocycles. The highest BCUT2D eigenvalue weighted by molar-refractivity contribution is 5.95. The van der Waals surface area contributed by atoms with Gasteiger partial charge in [0.2, 0.25) is 5.91 Å². The van der Waals surface area contributed by atoms with E-state index in [9.17, 15) is 19.1 Å². The molecular weight excluding hydrogens is 337 g/mol. The van der Waals surface area contributed by atoms with Crippen molar-refractivity contribution in [3.05, 3.63) is 12.7 Å². The molecule has 3 heterocycles. The summed E-state index contributed by atoms with van der Waals surface area (Å²) in [5.74, 6) is -0.841. The molecule has 134 valence electrons. The number of hydrogen-bond acceptors (Lipinski definition) is 8. The molecule has 0 radical (unpaired) electrons. The van der Waals surface area contributed by atoms with Crippen LogP contribution in [0.15, 0.2) is 12.7 Å². The summed E-state index contributed by atoms with van der Waals surface area (Å²) < 4.78 is 26.5. The number of esters is 1. The predicted octanol–water partition coefficient (Wildman–Crippen LogP) is -0.0558. The van der Waals surface area contributed by atoms with Crippen LogP contribution in [0.1, 0.15) is 20.1 Å². The molecule has 2 aromatic heterocycles. The van der Waals surface area contributed by atoms with Gasteiger partial charge in [-0.25, -0.2) is 19.3 Å². The Morgan fingerprint density at radius 3 is 2.80 bits per heavy atom. The van der Waals surface area contributed by atoms with Crippen LogP contribution in [0.4, 0.5) is 10.2 Å². The second-order valence-electron chi connectivity index (χ2n) is 5.49. The molecule has 0 spiro atoms. The van der Waals surface area contributed by atoms with Crippen LogP contribution in [0.3, 0.4) is 0 Å². The van der Waals surface area contributed by atoms with Crippen LogP contribution in [0, 0.1) is 0 Å². The maximum atomic E-state index is 14.8. The molecule has 25 heavy (non-hydrogen) atoms. The van der Waals surface area contributed by atoms with Gasteiger partial charge in [-0.15, -0.1) is 0 Å². The van der Waals surface area contributed by atoms with Gasteiger partial charge < -0.3 is 19.9 Å². The Morgan fingerprint density at radius 2 is 2.16 bits per heavy atom. The van der Waals surface area contributed by atoms with Gasteiger partial charge >= 0.3 is 5.97 Å². The fraction of sp³-hybridized carbons (Fsp3) is 0.500. The number of ether oxygens (including phenoxy) is 2. The van der Waals surface area contributed by atoms with E-state index in [-0.39, 0.29) is 22.9 Å². The molecule has 1 unspecified atom stereocenters. The number of aromatic nitrogens is 4. The Labute approximate surface area is 141 Å². The van der Waals surface area contributed by atoms with Crippen molar-refractivity contribution in [2.24, 2.45) is 0 Å². The number of fused-ring (bicyclic) bond motifs is 1. The smallest absolute Gasteiger partial charge is 0.303 e.